The Labute approximate surface area is 139 Å². The molecule has 0 saturated carbocycles. The third kappa shape index (κ3) is 1.40. The molecule has 0 N–H and O–H groups in total. The van der Waals surface area contributed by atoms with Crippen molar-refractivity contribution in [1.29, 1.82) is 0 Å². The summed E-state index contributed by atoms with van der Waals surface area (Å²) < 4.78 is 20.5. The molecule has 0 aliphatic rings. The quantitative estimate of drug-likeness (QED) is 0.409. The summed E-state index contributed by atoms with van der Waals surface area (Å²) in [7, 11) is 0. The fourth-order valence-corrected chi connectivity index (χ4v) is 3.47. The Kier molecular flexibility index (Phi) is 2.05. The summed E-state index contributed by atoms with van der Waals surface area (Å²) in [5.41, 5.74) is -2.25. The largest absolute Gasteiger partial charge is 0.425 e. The highest BCUT2D eigenvalue weighted by molar-refractivity contribution is 6.21. The molecule has 0 saturated heterocycles. The van der Waals surface area contributed by atoms with E-state index in [0.29, 0.717) is 27.3 Å². The van der Waals surface area contributed by atoms with Crippen LogP contribution in [0.4, 0.5) is 0 Å². The SMILES string of the molecule is O=c1oc(=O)c2cc3c(cc12)oc1oc2cc4c(=O)oc(=O)c4cc2c13. The Morgan fingerprint density at radius 2 is 0.846 bits per heavy atom. The normalized spacial score (nSPS) is 12.5. The lowest BCUT2D eigenvalue weighted by molar-refractivity contribution is 0.499. The molecule has 0 radical (unpaired) electrons. The molecule has 0 amide bonds. The maximum absolute atomic E-state index is 11.8. The Morgan fingerprint density at radius 1 is 0.462 bits per heavy atom. The van der Waals surface area contributed by atoms with Crippen molar-refractivity contribution in [3.63, 3.8) is 0 Å². The number of hydrogen-bond acceptors (Lipinski definition) is 8. The van der Waals surface area contributed by atoms with E-state index in [4.69, 9.17) is 8.83 Å². The van der Waals surface area contributed by atoms with Crippen molar-refractivity contribution < 1.29 is 17.7 Å². The van der Waals surface area contributed by atoms with Gasteiger partial charge in [-0.1, -0.05) is 0 Å². The number of benzene rings is 2. The fourth-order valence-electron chi connectivity index (χ4n) is 3.47. The highest BCUT2D eigenvalue weighted by Crippen LogP contribution is 2.38. The van der Waals surface area contributed by atoms with Crippen molar-refractivity contribution in [2.24, 2.45) is 0 Å². The van der Waals surface area contributed by atoms with Gasteiger partial charge in [-0.3, -0.25) is 0 Å². The fraction of sp³-hybridized carbons (Fsp3) is 0. The summed E-state index contributed by atoms with van der Waals surface area (Å²) >= 11 is 0. The minimum Gasteiger partial charge on any atom is -0.425 e. The van der Waals surface area contributed by atoms with Crippen LogP contribution in [0.3, 0.4) is 0 Å². The highest BCUT2D eigenvalue weighted by atomic mass is 16.5. The maximum Gasteiger partial charge on any atom is 0.347 e. The Balaban J connectivity index is 1.89. The van der Waals surface area contributed by atoms with Gasteiger partial charge in [0, 0.05) is 10.8 Å². The van der Waals surface area contributed by atoms with Crippen LogP contribution < -0.4 is 22.5 Å². The van der Waals surface area contributed by atoms with E-state index in [0.717, 1.165) is 0 Å². The molecular formula is C18H4O8. The van der Waals surface area contributed by atoms with Gasteiger partial charge >= 0.3 is 22.5 Å². The summed E-state index contributed by atoms with van der Waals surface area (Å²) in [6.45, 7) is 0. The van der Waals surface area contributed by atoms with Gasteiger partial charge in [-0.05, 0) is 24.3 Å². The molecule has 0 atom stereocenters. The lowest BCUT2D eigenvalue weighted by Gasteiger charge is -1.91. The molecule has 8 nitrogen and oxygen atoms in total. The summed E-state index contributed by atoms with van der Waals surface area (Å²) in [4.78, 5) is 47.0. The first kappa shape index (κ1) is 13.4. The van der Waals surface area contributed by atoms with Crippen LogP contribution in [0.25, 0.3) is 54.6 Å². The predicted molar refractivity (Wildman–Crippen MR) is 90.5 cm³/mol. The van der Waals surface area contributed by atoms with Crippen LogP contribution in [-0.2, 0) is 0 Å². The van der Waals surface area contributed by atoms with Crippen LogP contribution in [-0.4, -0.2) is 0 Å². The Morgan fingerprint density at radius 3 is 1.27 bits per heavy atom. The maximum atomic E-state index is 11.8. The van der Waals surface area contributed by atoms with E-state index in [2.05, 4.69) is 8.83 Å². The van der Waals surface area contributed by atoms with E-state index in [9.17, 15) is 19.2 Å². The van der Waals surface area contributed by atoms with E-state index in [1.54, 1.807) is 0 Å². The zero-order chi connectivity index (χ0) is 17.7. The molecule has 4 heterocycles. The van der Waals surface area contributed by atoms with E-state index in [1.165, 1.54) is 24.3 Å². The second kappa shape index (κ2) is 3.99. The molecule has 0 unspecified atom stereocenters. The number of hydrogen-bond donors (Lipinski definition) is 0. The van der Waals surface area contributed by atoms with Gasteiger partial charge in [-0.15, -0.1) is 0 Å². The van der Waals surface area contributed by atoms with Crippen LogP contribution in [0.1, 0.15) is 0 Å². The zero-order valence-corrected chi connectivity index (χ0v) is 12.6. The number of furan rings is 4. The molecule has 0 bridgehead atoms. The van der Waals surface area contributed by atoms with Gasteiger partial charge in [0.15, 0.2) is 0 Å². The smallest absolute Gasteiger partial charge is 0.347 e. The molecule has 0 spiro atoms. The van der Waals surface area contributed by atoms with Crippen LogP contribution in [0.15, 0.2) is 61.1 Å². The van der Waals surface area contributed by atoms with Gasteiger partial charge in [-0.2, -0.15) is 0 Å². The van der Waals surface area contributed by atoms with E-state index in [-0.39, 0.29) is 27.3 Å². The first-order chi connectivity index (χ1) is 12.5. The summed E-state index contributed by atoms with van der Waals surface area (Å²) in [6, 6.07) is 5.83. The molecule has 124 valence electrons. The van der Waals surface area contributed by atoms with Crippen LogP contribution in [0.5, 0.6) is 0 Å². The average Bonchev–Trinajstić information content (AvgIpc) is 3.28. The van der Waals surface area contributed by atoms with Crippen molar-refractivity contribution in [2.75, 3.05) is 0 Å². The van der Waals surface area contributed by atoms with Crippen LogP contribution in [0, 0.1) is 0 Å². The van der Waals surface area contributed by atoms with Gasteiger partial charge in [0.1, 0.15) is 11.2 Å². The number of fused-ring (bicyclic) bond motifs is 7. The van der Waals surface area contributed by atoms with Gasteiger partial charge in [0.25, 0.3) is 5.78 Å². The van der Waals surface area contributed by atoms with Gasteiger partial charge in [-0.25, -0.2) is 19.2 Å². The lowest BCUT2D eigenvalue weighted by atomic mass is 10.1. The molecule has 0 aliphatic heterocycles. The minimum absolute atomic E-state index is 0.123. The first-order valence-electron chi connectivity index (χ1n) is 7.51. The summed E-state index contributed by atoms with van der Waals surface area (Å²) in [5.74, 6) is 0.156. The monoisotopic (exact) mass is 348 g/mol. The number of rotatable bonds is 0. The molecule has 26 heavy (non-hydrogen) atoms. The summed E-state index contributed by atoms with van der Waals surface area (Å²) in [5, 5.41) is 2.10. The minimum atomic E-state index is -0.733. The van der Waals surface area contributed by atoms with Crippen LogP contribution >= 0.6 is 0 Å². The van der Waals surface area contributed by atoms with Crippen molar-refractivity contribution in [1.82, 2.24) is 0 Å². The third-order valence-electron chi connectivity index (χ3n) is 4.64. The molecular weight excluding hydrogens is 344 g/mol. The topological polar surface area (TPSA) is 121 Å². The average molecular weight is 348 g/mol. The van der Waals surface area contributed by atoms with Crippen molar-refractivity contribution >= 4 is 54.6 Å². The van der Waals surface area contributed by atoms with Gasteiger partial charge < -0.3 is 17.7 Å². The molecule has 0 aliphatic carbocycles. The lowest BCUT2D eigenvalue weighted by Crippen LogP contribution is -1.94. The van der Waals surface area contributed by atoms with Crippen LogP contribution in [0.2, 0.25) is 0 Å². The standard InChI is InChI=1S/C18H4O8/c19-14-5-1-9-11(3-7(5)16(21)25-14)23-18-13(9)10-2-6-8(4-12(10)24-18)17(22)26-15(6)20/h1-4H. The van der Waals surface area contributed by atoms with Crippen molar-refractivity contribution in [2.45, 2.75) is 0 Å². The van der Waals surface area contributed by atoms with Crippen molar-refractivity contribution in [3.8, 4) is 0 Å². The van der Waals surface area contributed by atoms with Crippen molar-refractivity contribution in [3.05, 3.63) is 65.9 Å². The zero-order valence-electron chi connectivity index (χ0n) is 12.6. The summed E-state index contributed by atoms with van der Waals surface area (Å²) in [6.07, 6.45) is 0. The molecule has 2 aromatic carbocycles. The first-order valence-corrected chi connectivity index (χ1v) is 7.51. The molecule has 0 fully saturated rings. The van der Waals surface area contributed by atoms with Gasteiger partial charge in [0.05, 0.1) is 26.9 Å². The Bertz CT molecular complexity index is 1630. The second-order valence-electron chi connectivity index (χ2n) is 6.01. The predicted octanol–water partition coefficient (Wildman–Crippen LogP) is 2.14. The Hall–Kier alpha value is -3.94. The van der Waals surface area contributed by atoms with E-state index < -0.39 is 22.5 Å². The second-order valence-corrected chi connectivity index (χ2v) is 6.01. The molecule has 4 aromatic heterocycles. The highest BCUT2D eigenvalue weighted by Gasteiger charge is 2.21. The van der Waals surface area contributed by atoms with E-state index in [1.807, 2.05) is 0 Å². The molecule has 6 rings (SSSR count). The molecule has 6 aromatic rings. The molecule has 8 heteroatoms. The van der Waals surface area contributed by atoms with E-state index >= 15 is 0 Å². The van der Waals surface area contributed by atoms with Gasteiger partial charge in [0.2, 0.25) is 0 Å². The third-order valence-corrected chi connectivity index (χ3v) is 4.64.